The first-order valence-electron chi connectivity index (χ1n) is 8.80. The number of carbonyl (C=O) groups excluding carboxylic acids is 1. The fourth-order valence-electron chi connectivity index (χ4n) is 4.48. The Labute approximate surface area is 158 Å². The summed E-state index contributed by atoms with van der Waals surface area (Å²) in [6, 6.07) is 15.1. The van der Waals surface area contributed by atoms with Crippen molar-refractivity contribution in [2.75, 3.05) is 7.05 Å². The Balaban J connectivity index is 1.66. The molecule has 4 heteroatoms. The molecule has 0 saturated carbocycles. The molecule has 2 nitrogen and oxygen atoms in total. The smallest absolute Gasteiger partial charge is 0.222 e. The molecule has 1 fully saturated rings. The summed E-state index contributed by atoms with van der Waals surface area (Å²) in [6.45, 7) is 2.33. The van der Waals surface area contributed by atoms with Crippen molar-refractivity contribution in [3.63, 3.8) is 0 Å². The number of benzene rings is 2. The third kappa shape index (κ3) is 2.88. The maximum absolute atomic E-state index is 12.1. The van der Waals surface area contributed by atoms with Crippen molar-refractivity contribution in [1.29, 1.82) is 0 Å². The van der Waals surface area contributed by atoms with E-state index in [1.165, 1.54) is 16.0 Å². The second-order valence-corrected chi connectivity index (χ2v) is 8.85. The zero-order valence-corrected chi connectivity index (χ0v) is 16.2. The molecule has 25 heavy (non-hydrogen) atoms. The largest absolute Gasteiger partial charge is 0.342 e. The predicted molar refractivity (Wildman–Crippen MR) is 103 cm³/mol. The number of hydrogen-bond donors (Lipinski definition) is 0. The SMILES string of the molecule is CN1C(=O)CC[C@]2(C)c3ccc(Sc4ccccc4Cl)cc3CC[C@@H]12. The summed E-state index contributed by atoms with van der Waals surface area (Å²) < 4.78 is 0. The number of rotatable bonds is 2. The molecule has 2 aliphatic rings. The van der Waals surface area contributed by atoms with Gasteiger partial charge in [-0.2, -0.15) is 0 Å². The molecule has 1 aliphatic heterocycles. The number of hydrogen-bond acceptors (Lipinski definition) is 2. The molecule has 4 rings (SSSR count). The van der Waals surface area contributed by atoms with E-state index < -0.39 is 0 Å². The van der Waals surface area contributed by atoms with Gasteiger partial charge in [-0.05, 0) is 54.7 Å². The maximum atomic E-state index is 12.1. The summed E-state index contributed by atoms with van der Waals surface area (Å²) >= 11 is 8.02. The highest BCUT2D eigenvalue weighted by atomic mass is 35.5. The second kappa shape index (κ2) is 6.37. The van der Waals surface area contributed by atoms with Gasteiger partial charge in [-0.25, -0.2) is 0 Å². The summed E-state index contributed by atoms with van der Waals surface area (Å²) in [4.78, 5) is 16.4. The van der Waals surface area contributed by atoms with Crippen LogP contribution in [0.15, 0.2) is 52.3 Å². The Bertz CT molecular complexity index is 836. The number of fused-ring (bicyclic) bond motifs is 3. The number of carbonyl (C=O) groups is 1. The van der Waals surface area contributed by atoms with E-state index in [2.05, 4.69) is 31.2 Å². The lowest BCUT2D eigenvalue weighted by atomic mass is 9.63. The molecule has 1 aliphatic carbocycles. The molecular weight excluding hydrogens is 350 g/mol. The Hall–Kier alpha value is -1.45. The van der Waals surface area contributed by atoms with Crippen LogP contribution in [0.5, 0.6) is 0 Å². The lowest BCUT2D eigenvalue weighted by Crippen LogP contribution is -2.56. The molecule has 1 saturated heterocycles. The number of aryl methyl sites for hydroxylation is 1. The minimum atomic E-state index is 0.0732. The molecule has 2 aromatic carbocycles. The lowest BCUT2D eigenvalue weighted by Gasteiger charge is -2.50. The van der Waals surface area contributed by atoms with Crippen molar-refractivity contribution in [3.05, 3.63) is 58.6 Å². The number of amides is 1. The zero-order chi connectivity index (χ0) is 17.6. The van der Waals surface area contributed by atoms with Crippen molar-refractivity contribution in [2.45, 2.75) is 53.9 Å². The van der Waals surface area contributed by atoms with Crippen LogP contribution in [0.4, 0.5) is 0 Å². The first kappa shape index (κ1) is 17.0. The number of nitrogens with zero attached hydrogens (tertiary/aromatic N) is 1. The first-order valence-corrected chi connectivity index (χ1v) is 10.00. The van der Waals surface area contributed by atoms with Gasteiger partial charge in [-0.15, -0.1) is 0 Å². The van der Waals surface area contributed by atoms with Gasteiger partial charge in [-0.3, -0.25) is 4.79 Å². The van der Waals surface area contributed by atoms with E-state index in [1.54, 1.807) is 11.8 Å². The summed E-state index contributed by atoms with van der Waals surface area (Å²) in [7, 11) is 1.97. The lowest BCUT2D eigenvalue weighted by molar-refractivity contribution is -0.138. The Morgan fingerprint density at radius 2 is 2.00 bits per heavy atom. The summed E-state index contributed by atoms with van der Waals surface area (Å²) in [5, 5.41) is 0.796. The quantitative estimate of drug-likeness (QED) is 0.712. The van der Waals surface area contributed by atoms with Gasteiger partial charge in [0.1, 0.15) is 0 Å². The molecule has 2 aromatic rings. The Morgan fingerprint density at radius 3 is 2.80 bits per heavy atom. The minimum absolute atomic E-state index is 0.0732. The maximum Gasteiger partial charge on any atom is 0.222 e. The van der Waals surface area contributed by atoms with Crippen molar-refractivity contribution in [3.8, 4) is 0 Å². The summed E-state index contributed by atoms with van der Waals surface area (Å²) in [6.07, 6.45) is 3.68. The average molecular weight is 372 g/mol. The van der Waals surface area contributed by atoms with Crippen LogP contribution in [0.1, 0.15) is 37.3 Å². The van der Waals surface area contributed by atoms with Crippen LogP contribution in [-0.2, 0) is 16.6 Å². The van der Waals surface area contributed by atoms with E-state index >= 15 is 0 Å². The monoisotopic (exact) mass is 371 g/mol. The van der Waals surface area contributed by atoms with Gasteiger partial charge >= 0.3 is 0 Å². The van der Waals surface area contributed by atoms with Crippen LogP contribution in [0.3, 0.4) is 0 Å². The van der Waals surface area contributed by atoms with Crippen molar-refractivity contribution in [1.82, 2.24) is 4.90 Å². The van der Waals surface area contributed by atoms with E-state index in [1.807, 2.05) is 30.1 Å². The van der Waals surface area contributed by atoms with Crippen molar-refractivity contribution in [2.24, 2.45) is 0 Å². The van der Waals surface area contributed by atoms with Crippen LogP contribution in [0, 0.1) is 0 Å². The van der Waals surface area contributed by atoms with E-state index in [0.29, 0.717) is 12.5 Å². The Kier molecular flexibility index (Phi) is 4.33. The molecule has 1 heterocycles. The van der Waals surface area contributed by atoms with Crippen LogP contribution in [0.2, 0.25) is 5.02 Å². The normalized spacial score (nSPS) is 25.5. The van der Waals surface area contributed by atoms with Crippen LogP contribution < -0.4 is 0 Å². The van der Waals surface area contributed by atoms with Gasteiger partial charge in [0.15, 0.2) is 0 Å². The van der Waals surface area contributed by atoms with E-state index in [4.69, 9.17) is 11.6 Å². The van der Waals surface area contributed by atoms with Crippen LogP contribution >= 0.6 is 23.4 Å². The highest BCUT2D eigenvalue weighted by Gasteiger charge is 2.46. The Morgan fingerprint density at radius 1 is 1.20 bits per heavy atom. The van der Waals surface area contributed by atoms with Gasteiger partial charge < -0.3 is 4.90 Å². The topological polar surface area (TPSA) is 20.3 Å². The fourth-order valence-corrected chi connectivity index (χ4v) is 5.64. The second-order valence-electron chi connectivity index (χ2n) is 7.33. The van der Waals surface area contributed by atoms with E-state index in [-0.39, 0.29) is 11.3 Å². The van der Waals surface area contributed by atoms with Crippen molar-refractivity contribution >= 4 is 29.3 Å². The van der Waals surface area contributed by atoms with Crippen LogP contribution in [-0.4, -0.2) is 23.9 Å². The third-order valence-corrected chi connectivity index (χ3v) is 7.41. The summed E-state index contributed by atoms with van der Waals surface area (Å²) in [5.74, 6) is 0.289. The molecule has 0 spiro atoms. The number of likely N-dealkylation sites (N-methyl/N-ethyl adjacent to an activating group) is 1. The van der Waals surface area contributed by atoms with Crippen molar-refractivity contribution < 1.29 is 4.79 Å². The van der Waals surface area contributed by atoms with Gasteiger partial charge in [0, 0.05) is 34.7 Å². The zero-order valence-electron chi connectivity index (χ0n) is 14.6. The molecule has 0 radical (unpaired) electrons. The third-order valence-electron chi connectivity index (χ3n) is 5.90. The minimum Gasteiger partial charge on any atom is -0.342 e. The average Bonchev–Trinajstić information content (AvgIpc) is 2.60. The van der Waals surface area contributed by atoms with Crippen LogP contribution in [0.25, 0.3) is 0 Å². The molecule has 1 amide bonds. The molecule has 0 aromatic heterocycles. The van der Waals surface area contributed by atoms with E-state index in [9.17, 15) is 4.79 Å². The standard InChI is InChI=1S/C21H22ClNOS/c1-21-12-11-20(24)23(2)19(21)10-7-14-13-15(8-9-16(14)21)25-18-6-4-3-5-17(18)22/h3-6,8-9,13,19H,7,10-12H2,1-2H3/t19-,21-/m1/s1. The molecular formula is C21H22ClNOS. The molecule has 0 N–H and O–H groups in total. The van der Waals surface area contributed by atoms with Gasteiger partial charge in [0.05, 0.1) is 5.02 Å². The number of likely N-dealkylation sites (tertiary alicyclic amines) is 1. The highest BCUT2D eigenvalue weighted by Crippen LogP contribution is 2.46. The van der Waals surface area contributed by atoms with Gasteiger partial charge in [0.25, 0.3) is 0 Å². The highest BCUT2D eigenvalue weighted by molar-refractivity contribution is 7.99. The molecule has 130 valence electrons. The molecule has 0 unspecified atom stereocenters. The van der Waals surface area contributed by atoms with Gasteiger partial charge in [-0.1, -0.05) is 48.5 Å². The first-order chi connectivity index (χ1) is 12.0. The number of halogens is 1. The predicted octanol–water partition coefficient (Wildman–Crippen LogP) is 5.32. The molecule has 0 bridgehead atoms. The fraction of sp³-hybridized carbons (Fsp3) is 0.381. The number of piperidine rings is 1. The molecule has 2 atom stereocenters. The van der Waals surface area contributed by atoms with E-state index in [0.717, 1.165) is 29.2 Å². The van der Waals surface area contributed by atoms with Gasteiger partial charge in [0.2, 0.25) is 5.91 Å². The summed E-state index contributed by atoms with van der Waals surface area (Å²) in [5.41, 5.74) is 2.93.